The van der Waals surface area contributed by atoms with Gasteiger partial charge in [-0.05, 0) is 6.07 Å². The smallest absolute Gasteiger partial charge is 0.169 e. The molecular formula is C8H6N2OS. The summed E-state index contributed by atoms with van der Waals surface area (Å²) in [5.41, 5.74) is 2.31. The standard InChI is InChI=1S/C8H6N2OS/c11-5-8-6-3-1-2-4-7(6)9-12-10-8/h1-5,9H. The van der Waals surface area contributed by atoms with E-state index in [1.807, 2.05) is 24.3 Å². The van der Waals surface area contributed by atoms with E-state index in [0.29, 0.717) is 5.71 Å². The molecular weight excluding hydrogens is 172 g/mol. The minimum atomic E-state index is 0.495. The number of benzene rings is 1. The molecule has 1 aromatic carbocycles. The third kappa shape index (κ3) is 1.10. The molecule has 2 rings (SSSR count). The fourth-order valence-electron chi connectivity index (χ4n) is 1.05. The van der Waals surface area contributed by atoms with E-state index in [4.69, 9.17) is 0 Å². The van der Waals surface area contributed by atoms with Gasteiger partial charge in [0.25, 0.3) is 0 Å². The van der Waals surface area contributed by atoms with Crippen LogP contribution in [0.15, 0.2) is 28.7 Å². The van der Waals surface area contributed by atoms with Crippen molar-refractivity contribution in [3.63, 3.8) is 0 Å². The zero-order valence-corrected chi connectivity index (χ0v) is 6.97. The second kappa shape index (κ2) is 2.98. The number of aldehydes is 1. The van der Waals surface area contributed by atoms with Crippen molar-refractivity contribution in [2.45, 2.75) is 0 Å². The highest BCUT2D eigenvalue weighted by atomic mass is 32.2. The molecule has 0 radical (unpaired) electrons. The van der Waals surface area contributed by atoms with Crippen molar-refractivity contribution in [1.82, 2.24) is 0 Å². The van der Waals surface area contributed by atoms with Crippen molar-refractivity contribution in [2.24, 2.45) is 4.40 Å². The summed E-state index contributed by atoms with van der Waals surface area (Å²) in [7, 11) is 0. The van der Waals surface area contributed by atoms with Crippen LogP contribution in [0.2, 0.25) is 0 Å². The molecule has 1 N–H and O–H groups in total. The molecule has 1 aliphatic rings. The molecule has 0 unspecified atom stereocenters. The molecule has 12 heavy (non-hydrogen) atoms. The Balaban J connectivity index is 2.55. The Labute approximate surface area is 74.2 Å². The average molecular weight is 178 g/mol. The second-order valence-corrected chi connectivity index (χ2v) is 2.90. The molecule has 0 aromatic heterocycles. The molecule has 0 fully saturated rings. The maximum Gasteiger partial charge on any atom is 0.169 e. The van der Waals surface area contributed by atoms with Crippen LogP contribution in [0.3, 0.4) is 0 Å². The third-order valence-electron chi connectivity index (χ3n) is 1.61. The number of fused-ring (bicyclic) bond motifs is 1. The molecule has 0 atom stereocenters. The minimum absolute atomic E-state index is 0.495. The Bertz CT molecular complexity index is 349. The normalized spacial score (nSPS) is 14.2. The van der Waals surface area contributed by atoms with Crippen LogP contribution in [-0.4, -0.2) is 12.0 Å². The van der Waals surface area contributed by atoms with Gasteiger partial charge in [0, 0.05) is 5.56 Å². The summed E-state index contributed by atoms with van der Waals surface area (Å²) in [5.74, 6) is 0. The first-order chi connectivity index (χ1) is 5.92. The Hall–Kier alpha value is -1.29. The lowest BCUT2D eigenvalue weighted by Gasteiger charge is -2.12. The summed E-state index contributed by atoms with van der Waals surface area (Å²) in [6.07, 6.45) is 0.771. The number of carbonyl (C=O) groups excluding carboxylic acids is 1. The summed E-state index contributed by atoms with van der Waals surface area (Å²) >= 11 is 1.18. The quantitative estimate of drug-likeness (QED) is 0.525. The average Bonchev–Trinajstić information content (AvgIpc) is 2.17. The van der Waals surface area contributed by atoms with Crippen LogP contribution in [0.25, 0.3) is 0 Å². The molecule has 4 heteroatoms. The van der Waals surface area contributed by atoms with Crippen molar-refractivity contribution >= 4 is 29.8 Å². The summed E-state index contributed by atoms with van der Waals surface area (Å²) in [4.78, 5) is 10.6. The number of carbonyl (C=O) groups is 1. The molecule has 0 aliphatic carbocycles. The van der Waals surface area contributed by atoms with Gasteiger partial charge in [0.15, 0.2) is 6.29 Å². The number of hydrogen-bond donors (Lipinski definition) is 1. The van der Waals surface area contributed by atoms with Crippen LogP contribution in [-0.2, 0) is 4.79 Å². The summed E-state index contributed by atoms with van der Waals surface area (Å²) < 4.78 is 6.94. The molecule has 1 aromatic rings. The maximum absolute atomic E-state index is 10.6. The molecule has 0 amide bonds. The van der Waals surface area contributed by atoms with Crippen LogP contribution < -0.4 is 4.72 Å². The lowest BCUT2D eigenvalue weighted by atomic mass is 10.1. The molecule has 3 nitrogen and oxygen atoms in total. The van der Waals surface area contributed by atoms with E-state index in [1.165, 1.54) is 12.1 Å². The number of nitrogens with one attached hydrogen (secondary N) is 1. The van der Waals surface area contributed by atoms with E-state index < -0.39 is 0 Å². The molecule has 1 heterocycles. The predicted molar refractivity (Wildman–Crippen MR) is 50.3 cm³/mol. The van der Waals surface area contributed by atoms with Gasteiger partial charge in [-0.2, -0.15) is 4.40 Å². The molecule has 0 spiro atoms. The highest BCUT2D eigenvalue weighted by Gasteiger charge is 2.11. The monoisotopic (exact) mass is 178 g/mol. The first-order valence-corrected chi connectivity index (χ1v) is 4.24. The number of nitrogens with zero attached hydrogens (tertiary/aromatic N) is 1. The summed E-state index contributed by atoms with van der Waals surface area (Å²) in [6.45, 7) is 0. The molecule has 0 saturated carbocycles. The van der Waals surface area contributed by atoms with Gasteiger partial charge in [-0.3, -0.25) is 4.79 Å². The Morgan fingerprint density at radius 3 is 3.08 bits per heavy atom. The van der Waals surface area contributed by atoms with Gasteiger partial charge in [0.2, 0.25) is 0 Å². The second-order valence-electron chi connectivity index (χ2n) is 2.33. The Kier molecular flexibility index (Phi) is 1.83. The van der Waals surface area contributed by atoms with Gasteiger partial charge in [-0.15, -0.1) is 0 Å². The van der Waals surface area contributed by atoms with Gasteiger partial charge in [-0.1, -0.05) is 18.2 Å². The first kappa shape index (κ1) is 7.36. The highest BCUT2D eigenvalue weighted by molar-refractivity contribution is 7.99. The maximum atomic E-state index is 10.6. The Morgan fingerprint density at radius 2 is 2.25 bits per heavy atom. The van der Waals surface area contributed by atoms with Gasteiger partial charge in [0.1, 0.15) is 5.71 Å². The molecule has 60 valence electrons. The van der Waals surface area contributed by atoms with Crippen LogP contribution >= 0.6 is 12.1 Å². The van der Waals surface area contributed by atoms with Crippen molar-refractivity contribution in [3.8, 4) is 0 Å². The molecule has 0 bridgehead atoms. The number of hydrogen-bond acceptors (Lipinski definition) is 4. The lowest BCUT2D eigenvalue weighted by molar-refractivity contribution is -0.102. The van der Waals surface area contributed by atoms with Gasteiger partial charge in [-0.25, -0.2) is 0 Å². The van der Waals surface area contributed by atoms with E-state index in [2.05, 4.69) is 9.12 Å². The summed E-state index contributed by atoms with van der Waals surface area (Å²) in [5, 5.41) is 0. The van der Waals surface area contributed by atoms with Gasteiger partial charge in [0.05, 0.1) is 17.8 Å². The van der Waals surface area contributed by atoms with Gasteiger partial charge < -0.3 is 4.72 Å². The van der Waals surface area contributed by atoms with Crippen LogP contribution in [0, 0.1) is 0 Å². The van der Waals surface area contributed by atoms with E-state index in [1.54, 1.807) is 0 Å². The van der Waals surface area contributed by atoms with Crippen LogP contribution in [0.1, 0.15) is 5.56 Å². The lowest BCUT2D eigenvalue weighted by Crippen LogP contribution is -2.08. The first-order valence-electron chi connectivity index (χ1n) is 3.46. The number of anilines is 1. The SMILES string of the molecule is O=CC1=NSNc2ccccc21. The van der Waals surface area contributed by atoms with Gasteiger partial charge >= 0.3 is 0 Å². The fraction of sp³-hybridized carbons (Fsp3) is 0. The van der Waals surface area contributed by atoms with Crippen LogP contribution in [0.4, 0.5) is 5.69 Å². The topological polar surface area (TPSA) is 41.5 Å². The van der Waals surface area contributed by atoms with Crippen molar-refractivity contribution in [3.05, 3.63) is 29.8 Å². The van der Waals surface area contributed by atoms with Crippen LogP contribution in [0.5, 0.6) is 0 Å². The van der Waals surface area contributed by atoms with E-state index >= 15 is 0 Å². The zero-order valence-electron chi connectivity index (χ0n) is 6.15. The number of rotatable bonds is 1. The van der Waals surface area contributed by atoms with Crippen molar-refractivity contribution in [2.75, 3.05) is 4.72 Å². The fourth-order valence-corrected chi connectivity index (χ4v) is 1.61. The molecule has 1 aliphatic heterocycles. The van der Waals surface area contributed by atoms with Crippen molar-refractivity contribution < 1.29 is 4.79 Å². The minimum Gasteiger partial charge on any atom is -0.310 e. The third-order valence-corrected chi connectivity index (χ3v) is 2.21. The molecule has 0 saturated heterocycles. The number of para-hydroxylation sites is 1. The summed E-state index contributed by atoms with van der Waals surface area (Å²) in [6, 6.07) is 7.59. The van der Waals surface area contributed by atoms with E-state index in [9.17, 15) is 4.79 Å². The largest absolute Gasteiger partial charge is 0.310 e. The van der Waals surface area contributed by atoms with Crippen molar-refractivity contribution in [1.29, 1.82) is 0 Å². The van der Waals surface area contributed by atoms with E-state index in [-0.39, 0.29) is 0 Å². The Morgan fingerprint density at radius 1 is 1.42 bits per heavy atom. The highest BCUT2D eigenvalue weighted by Crippen LogP contribution is 2.24. The zero-order chi connectivity index (χ0) is 8.39. The van der Waals surface area contributed by atoms with E-state index in [0.717, 1.165) is 17.5 Å². The predicted octanol–water partition coefficient (Wildman–Crippen LogP) is 1.66.